The van der Waals surface area contributed by atoms with Crippen molar-refractivity contribution in [1.29, 1.82) is 0 Å². The highest BCUT2D eigenvalue weighted by atomic mass is 35.5. The average Bonchev–Trinajstić information content (AvgIpc) is 2.60. The molecule has 0 aliphatic rings. The molecular formula is C19H21ClN2O3. The van der Waals surface area contributed by atoms with Crippen LogP contribution in [0.1, 0.15) is 24.0 Å². The number of amides is 1. The van der Waals surface area contributed by atoms with Crippen LogP contribution in [0, 0.1) is 6.92 Å². The molecular weight excluding hydrogens is 340 g/mol. The van der Waals surface area contributed by atoms with Crippen LogP contribution in [0.2, 0.25) is 5.02 Å². The summed E-state index contributed by atoms with van der Waals surface area (Å²) in [5.74, 6) is 1.31. The van der Waals surface area contributed by atoms with Gasteiger partial charge in [-0.05, 0) is 49.2 Å². The number of methoxy groups -OCH3 is 1. The van der Waals surface area contributed by atoms with Gasteiger partial charge in [-0.3, -0.25) is 4.79 Å². The van der Waals surface area contributed by atoms with E-state index < -0.39 is 0 Å². The molecule has 0 radical (unpaired) electrons. The maximum atomic E-state index is 11.8. The largest absolute Gasteiger partial charge is 0.496 e. The second kappa shape index (κ2) is 9.69. The van der Waals surface area contributed by atoms with E-state index in [1.807, 2.05) is 43.3 Å². The Balaban J connectivity index is 1.71. The molecule has 1 N–H and O–H groups in total. The number of benzene rings is 2. The van der Waals surface area contributed by atoms with Gasteiger partial charge in [0, 0.05) is 17.0 Å². The van der Waals surface area contributed by atoms with Crippen molar-refractivity contribution in [3.63, 3.8) is 0 Å². The molecule has 0 saturated heterocycles. The van der Waals surface area contributed by atoms with Gasteiger partial charge in [0.05, 0.1) is 19.9 Å². The molecule has 0 atom stereocenters. The van der Waals surface area contributed by atoms with Gasteiger partial charge in [-0.2, -0.15) is 5.10 Å². The van der Waals surface area contributed by atoms with Crippen molar-refractivity contribution in [1.82, 2.24) is 5.43 Å². The SMILES string of the molecule is COc1ccccc1C=NNC(=O)CCCOc1ccc(Cl)cc1C. The molecule has 0 bridgehead atoms. The third-order valence-electron chi connectivity index (χ3n) is 3.47. The Labute approximate surface area is 152 Å². The number of aryl methyl sites for hydroxylation is 1. The number of hydrazone groups is 1. The summed E-state index contributed by atoms with van der Waals surface area (Å²) in [6, 6.07) is 12.9. The normalized spacial score (nSPS) is 10.7. The Bertz CT molecular complexity index is 747. The van der Waals surface area contributed by atoms with Crippen molar-refractivity contribution >= 4 is 23.7 Å². The molecule has 0 fully saturated rings. The summed E-state index contributed by atoms with van der Waals surface area (Å²) in [7, 11) is 1.59. The maximum absolute atomic E-state index is 11.8. The predicted octanol–water partition coefficient (Wildman–Crippen LogP) is 3.97. The lowest BCUT2D eigenvalue weighted by atomic mass is 10.2. The zero-order valence-corrected chi connectivity index (χ0v) is 15.0. The highest BCUT2D eigenvalue weighted by Gasteiger charge is 2.03. The standard InChI is InChI=1S/C19H21ClN2O3/c1-14-12-16(20)9-10-17(14)25-11-5-8-19(23)22-21-13-15-6-3-4-7-18(15)24-2/h3-4,6-7,9-10,12-13H,5,8,11H2,1-2H3,(H,22,23). The molecule has 0 aliphatic heterocycles. The minimum absolute atomic E-state index is 0.164. The Hall–Kier alpha value is -2.53. The van der Waals surface area contributed by atoms with Gasteiger partial charge >= 0.3 is 0 Å². The van der Waals surface area contributed by atoms with Crippen LogP contribution in [0.25, 0.3) is 0 Å². The van der Waals surface area contributed by atoms with Crippen LogP contribution in [0.3, 0.4) is 0 Å². The summed E-state index contributed by atoms with van der Waals surface area (Å²) in [4.78, 5) is 11.8. The molecule has 0 aromatic heterocycles. The first-order chi connectivity index (χ1) is 12.1. The van der Waals surface area contributed by atoms with Crippen LogP contribution >= 0.6 is 11.6 Å². The molecule has 2 rings (SSSR count). The van der Waals surface area contributed by atoms with Gasteiger partial charge in [-0.1, -0.05) is 23.7 Å². The van der Waals surface area contributed by atoms with E-state index in [-0.39, 0.29) is 5.91 Å². The summed E-state index contributed by atoms with van der Waals surface area (Å²) in [5, 5.41) is 4.63. The smallest absolute Gasteiger partial charge is 0.240 e. The minimum Gasteiger partial charge on any atom is -0.496 e. The van der Waals surface area contributed by atoms with E-state index in [4.69, 9.17) is 21.1 Å². The number of carbonyl (C=O) groups excluding carboxylic acids is 1. The van der Waals surface area contributed by atoms with Gasteiger partial charge in [0.15, 0.2) is 0 Å². The van der Waals surface area contributed by atoms with Gasteiger partial charge in [0.1, 0.15) is 11.5 Å². The Kier molecular flexibility index (Phi) is 7.29. The fourth-order valence-corrected chi connectivity index (χ4v) is 2.42. The summed E-state index contributed by atoms with van der Waals surface area (Å²) < 4.78 is 10.9. The molecule has 1 amide bonds. The van der Waals surface area contributed by atoms with Crippen molar-refractivity contribution in [2.75, 3.05) is 13.7 Å². The first-order valence-corrected chi connectivity index (χ1v) is 8.32. The number of carbonyl (C=O) groups is 1. The Morgan fingerprint density at radius 2 is 2.04 bits per heavy atom. The minimum atomic E-state index is -0.164. The second-order valence-corrected chi connectivity index (χ2v) is 5.83. The zero-order valence-electron chi connectivity index (χ0n) is 14.3. The van der Waals surface area contributed by atoms with E-state index >= 15 is 0 Å². The molecule has 0 aliphatic carbocycles. The number of rotatable bonds is 8. The monoisotopic (exact) mass is 360 g/mol. The first-order valence-electron chi connectivity index (χ1n) is 7.94. The molecule has 0 heterocycles. The highest BCUT2D eigenvalue weighted by Crippen LogP contribution is 2.21. The number of nitrogens with zero attached hydrogens (tertiary/aromatic N) is 1. The van der Waals surface area contributed by atoms with E-state index in [1.165, 1.54) is 0 Å². The maximum Gasteiger partial charge on any atom is 0.240 e. The van der Waals surface area contributed by atoms with Crippen LogP contribution in [0.15, 0.2) is 47.6 Å². The van der Waals surface area contributed by atoms with Crippen LogP contribution in [0.5, 0.6) is 11.5 Å². The van der Waals surface area contributed by atoms with Crippen LogP contribution < -0.4 is 14.9 Å². The summed E-state index contributed by atoms with van der Waals surface area (Å²) >= 11 is 5.90. The third kappa shape index (κ3) is 6.12. The van der Waals surface area contributed by atoms with Crippen LogP contribution in [0.4, 0.5) is 0 Å². The molecule has 132 valence electrons. The quantitative estimate of drug-likeness (QED) is 0.440. The predicted molar refractivity (Wildman–Crippen MR) is 99.6 cm³/mol. The van der Waals surface area contributed by atoms with Gasteiger partial charge in [0.2, 0.25) is 5.91 Å². The molecule has 6 heteroatoms. The fourth-order valence-electron chi connectivity index (χ4n) is 2.19. The average molecular weight is 361 g/mol. The molecule has 5 nitrogen and oxygen atoms in total. The summed E-state index contributed by atoms with van der Waals surface area (Å²) in [5.41, 5.74) is 4.27. The highest BCUT2D eigenvalue weighted by molar-refractivity contribution is 6.30. The van der Waals surface area contributed by atoms with E-state index in [2.05, 4.69) is 10.5 Å². The van der Waals surface area contributed by atoms with Crippen LogP contribution in [-0.2, 0) is 4.79 Å². The number of halogens is 1. The van der Waals surface area contributed by atoms with E-state index in [0.717, 1.165) is 16.9 Å². The lowest BCUT2D eigenvalue weighted by Crippen LogP contribution is -2.18. The topological polar surface area (TPSA) is 59.9 Å². The second-order valence-electron chi connectivity index (χ2n) is 5.40. The van der Waals surface area contributed by atoms with E-state index in [9.17, 15) is 4.79 Å². The number of ether oxygens (including phenoxy) is 2. The van der Waals surface area contributed by atoms with E-state index in [1.54, 1.807) is 19.4 Å². The molecule has 0 unspecified atom stereocenters. The van der Waals surface area contributed by atoms with Crippen molar-refractivity contribution in [3.05, 3.63) is 58.6 Å². The zero-order chi connectivity index (χ0) is 18.1. The number of nitrogens with one attached hydrogen (secondary N) is 1. The third-order valence-corrected chi connectivity index (χ3v) is 3.71. The van der Waals surface area contributed by atoms with Crippen molar-refractivity contribution < 1.29 is 14.3 Å². The number of hydrogen-bond donors (Lipinski definition) is 1. The summed E-state index contributed by atoms with van der Waals surface area (Å²) in [6.07, 6.45) is 2.48. The van der Waals surface area contributed by atoms with Crippen LogP contribution in [-0.4, -0.2) is 25.8 Å². The van der Waals surface area contributed by atoms with Crippen molar-refractivity contribution in [2.45, 2.75) is 19.8 Å². The van der Waals surface area contributed by atoms with Gasteiger partial charge in [-0.15, -0.1) is 0 Å². The van der Waals surface area contributed by atoms with Crippen molar-refractivity contribution in [3.8, 4) is 11.5 Å². The van der Waals surface area contributed by atoms with Gasteiger partial charge in [-0.25, -0.2) is 5.43 Å². The molecule has 2 aromatic carbocycles. The van der Waals surface area contributed by atoms with Crippen molar-refractivity contribution in [2.24, 2.45) is 5.10 Å². The van der Waals surface area contributed by atoms with E-state index in [0.29, 0.717) is 30.2 Å². The Morgan fingerprint density at radius 3 is 2.80 bits per heavy atom. The number of para-hydroxylation sites is 1. The fraction of sp³-hybridized carbons (Fsp3) is 0.263. The molecule has 0 spiro atoms. The first kappa shape index (κ1) is 18.8. The Morgan fingerprint density at radius 1 is 1.24 bits per heavy atom. The lowest BCUT2D eigenvalue weighted by molar-refractivity contribution is -0.121. The lowest BCUT2D eigenvalue weighted by Gasteiger charge is -2.08. The molecule has 25 heavy (non-hydrogen) atoms. The molecule has 0 saturated carbocycles. The molecule has 2 aromatic rings. The van der Waals surface area contributed by atoms with Gasteiger partial charge < -0.3 is 9.47 Å². The van der Waals surface area contributed by atoms with Gasteiger partial charge in [0.25, 0.3) is 0 Å². The number of hydrogen-bond acceptors (Lipinski definition) is 4. The summed E-state index contributed by atoms with van der Waals surface area (Å²) in [6.45, 7) is 2.38.